The van der Waals surface area contributed by atoms with E-state index < -0.39 is 32.0 Å². The number of hydrogen-bond donors (Lipinski definition) is 5. The molecular formula is C131H206BrINaO13PS. The van der Waals surface area contributed by atoms with Crippen molar-refractivity contribution >= 4 is 58.2 Å². The molecule has 149 heavy (non-hydrogen) atoms. The van der Waals surface area contributed by atoms with Gasteiger partial charge in [-0.25, -0.2) is 0 Å². The monoisotopic (exact) mass is 2280 g/mol. The van der Waals surface area contributed by atoms with E-state index in [1.54, 1.807) is 56.8 Å². The van der Waals surface area contributed by atoms with Crippen molar-refractivity contribution in [2.75, 3.05) is 87.4 Å². The number of Topliss-reactive ketones (excluding diaryl/α,β-unsaturated/α-hetero) is 2. The summed E-state index contributed by atoms with van der Waals surface area (Å²) in [6, 6.07) is 32.3. The van der Waals surface area contributed by atoms with Crippen molar-refractivity contribution in [3.05, 3.63) is 126 Å². The smallest absolute Gasteiger partial charge is 1.00 e. The van der Waals surface area contributed by atoms with E-state index in [9.17, 15) is 34.2 Å². The van der Waals surface area contributed by atoms with Crippen LogP contribution >= 0.6 is 20.8 Å². The second-order valence-electron chi connectivity index (χ2n) is 55.2. The van der Waals surface area contributed by atoms with Gasteiger partial charge in [0, 0.05) is 47.2 Å². The second kappa shape index (κ2) is 50.7. The van der Waals surface area contributed by atoms with Gasteiger partial charge < -0.3 is 73.6 Å². The number of methoxy groups -OCH3 is 3. The molecule has 1 unspecified atom stereocenters. The van der Waals surface area contributed by atoms with E-state index in [1.165, 1.54) is 247 Å². The van der Waals surface area contributed by atoms with E-state index in [2.05, 4.69) is 187 Å². The number of benzene rings is 3. The van der Waals surface area contributed by atoms with Crippen LogP contribution < -0.4 is 74.6 Å². The van der Waals surface area contributed by atoms with Crippen LogP contribution in [0.3, 0.4) is 0 Å². The fraction of sp³-hybridized carbons (Fsp3) is 0.802. The maximum Gasteiger partial charge on any atom is 1.00 e. The molecule has 0 bridgehead atoms. The number of aliphatic hydroxyl groups excluding tert-OH is 2. The van der Waals surface area contributed by atoms with Gasteiger partial charge >= 0.3 is 164 Å². The molecule has 21 fully saturated rings. The second-order valence-corrected chi connectivity index (χ2v) is 68.4. The number of halogens is 2. The number of rotatable bonds is 11. The van der Waals surface area contributed by atoms with E-state index in [0.717, 1.165) is 215 Å². The first-order chi connectivity index (χ1) is 70.2. The molecule has 1 aliphatic heterocycles. The molecule has 3 aromatic carbocycles. The number of hydrogen-bond acceptors (Lipinski definition) is 13. The standard InChI is InChI=1S/C22H38O3.C22H36O3.C22H36O2.C21H32O.C20H30O.C19H18BrP.C3H9OS.CH4O.CH3O.HI.Na/c2*1-14(23)19-6-7-20-18-5-4-15-12-22(24,13-25-3)11-9-16(15)17(18)8-10-21(19,20)2;1-4-16-6-8-20-19-7-5-15-13-22(23,14-24-3)12-10-17(15)18(19)9-11-21(16,20)2;1-3-15-5-7-19-18-6-4-14-12-21(13-22-21)11-9-16(14)17(18)8-10-20(15,19)2;1-3-14-5-9-19-18-7-4-13-12-15(21)6-8-16(13)17(18)10-11-20(14,19)2;1-21(20,17-11-5-2-6-12-17,18-13-7-3-8-14-18)19-15-9-4-10-16-19;1-5(2,3)4;2*1-2;;/h14-20,23-24H,4-13H2,1-3H3;15-20,24H,4-13H2,1-3H3;4,15,17-20,23H,5-14H2,1-3H3;3,14,16-19H,4-13H2,1-2H3;3,13,16-19H,4-12H2,1-2H3;2-16H,1H3;1-3H3;2H,1H3;1H3;1H;/q;;;;;;+1;;-1;;+1/p-1/b;;16-4-;15-3-;14-3-;;;;;;/t14?,15-,16+,17-,18-,19-,20+,21-,22+;15-,16+,17-,18-,19-,20+,21-,22+;15-,17+,18-,19-,20+,21-,22+;14-,16+,17-,18-,19+,20-,21+;13-,16+,17-,18-,19+,20-;;;;;;/m11111....../s1. The Morgan fingerprint density at radius 2 is 0.718 bits per heavy atom. The largest absolute Gasteiger partial charge is 1.00 e. The molecule has 1 spiro atoms. The quantitative estimate of drug-likeness (QED) is 0.0302. The summed E-state index contributed by atoms with van der Waals surface area (Å²) in [4.78, 5) is 24.0. The Morgan fingerprint density at radius 3 is 1.05 bits per heavy atom. The molecule has 37 atom stereocenters. The van der Waals surface area contributed by atoms with E-state index in [0.29, 0.717) is 82.3 Å². The zero-order chi connectivity index (χ0) is 105. The Balaban J connectivity index is 0.000000138. The minimum Gasteiger partial charge on any atom is -1.00 e. The minimum absolute atomic E-state index is 0. The Bertz CT molecular complexity index is 4860. The maximum absolute atomic E-state index is 12.2. The van der Waals surface area contributed by atoms with Crippen molar-refractivity contribution in [2.45, 2.75) is 387 Å². The molecule has 21 aliphatic rings. The summed E-state index contributed by atoms with van der Waals surface area (Å²) in [5.41, 5.74) is 6.22. The van der Waals surface area contributed by atoms with Crippen LogP contribution in [0.1, 0.15) is 358 Å². The molecule has 0 radical (unpaired) electrons. The van der Waals surface area contributed by atoms with Crippen LogP contribution in [0, 0.1) is 187 Å². The van der Waals surface area contributed by atoms with Crippen molar-refractivity contribution in [2.24, 2.45) is 187 Å². The fourth-order valence-corrected chi connectivity index (χ4v) is 47.0. The van der Waals surface area contributed by atoms with Crippen molar-refractivity contribution in [1.82, 2.24) is 0 Å². The van der Waals surface area contributed by atoms with Crippen LogP contribution in [0.25, 0.3) is 0 Å². The molecule has 20 saturated carbocycles. The van der Waals surface area contributed by atoms with Gasteiger partial charge in [-0.05, 0) is 492 Å². The normalized spacial score (nSPS) is 44.4. The molecule has 0 aromatic heterocycles. The van der Waals surface area contributed by atoms with Gasteiger partial charge in [-0.2, -0.15) is 7.11 Å². The molecule has 834 valence electrons. The average Bonchev–Trinajstić information content (AvgIpc) is 0.833. The number of ether oxygens (including phenoxy) is 4. The van der Waals surface area contributed by atoms with Crippen LogP contribution in [0.4, 0.5) is 0 Å². The summed E-state index contributed by atoms with van der Waals surface area (Å²) < 4.78 is 31.9. The molecule has 3 aromatic rings. The summed E-state index contributed by atoms with van der Waals surface area (Å²) in [5, 5.41) is 59.5. The van der Waals surface area contributed by atoms with E-state index in [-0.39, 0.29) is 65.1 Å². The molecule has 0 amide bonds. The fourth-order valence-electron chi connectivity index (χ4n) is 41.3. The third-order valence-electron chi connectivity index (χ3n) is 47.8. The first kappa shape index (κ1) is 123. The molecule has 20 aliphatic carbocycles. The molecular weight excluding hydrogens is 2070 g/mol. The third kappa shape index (κ3) is 24.9. The van der Waals surface area contributed by atoms with Gasteiger partial charge in [0.2, 0.25) is 0 Å². The Labute approximate surface area is 953 Å². The number of aliphatic hydroxyl groups is 5. The number of ketones is 2. The first-order valence-electron chi connectivity index (χ1n) is 60.3. The number of carbonyl (C=O) groups excluding carboxylic acids is 2. The zero-order valence-electron chi connectivity index (χ0n) is 96.8. The number of fused-ring (bicyclic) bond motifs is 25. The molecule has 1 saturated heterocycles. The van der Waals surface area contributed by atoms with Crippen LogP contribution in [-0.4, -0.2) is 153 Å². The van der Waals surface area contributed by atoms with Gasteiger partial charge in [-0.3, -0.25) is 9.59 Å². The number of allylic oxidation sites excluding steroid dienone is 6. The number of epoxide rings is 1. The summed E-state index contributed by atoms with van der Waals surface area (Å²) in [6.45, 7) is 28.2. The maximum atomic E-state index is 12.2. The molecule has 18 heteroatoms. The van der Waals surface area contributed by atoms with E-state index >= 15 is 0 Å². The predicted molar refractivity (Wildman–Crippen MR) is 610 cm³/mol. The Kier molecular flexibility index (Phi) is 41.9. The third-order valence-corrected chi connectivity index (χ3v) is 56.1. The van der Waals surface area contributed by atoms with Gasteiger partial charge in [0.05, 0.1) is 64.9 Å². The van der Waals surface area contributed by atoms with Crippen LogP contribution in [-0.2, 0) is 42.7 Å². The Hall–Kier alpha value is -1.39. The minimum atomic E-state index is -2.56. The number of carbonyl (C=O) groups is 2. The SMILES string of the molecule is C/C=C1/CC[C@H]2[C@@H]3CC[C@@H]4CC(=O)CC[C@@H]4[C@H]3CC[C@]12C.C/C=C1/CC[C@H]2[C@@H]3CC[C@@H]4C[C@@]5(CC[C@@H]4[C@H]3CC[C@]12C)CO5.C/C=C1/CC[C@H]2[C@@H]3CC[C@@H]4C[C@](O)(COC)CC[C@@H]4[C@H]3CC[C@]12C.CO.COC[C@]1(O)CC[C@H]2[C@H](CC[C@@H]3[C@@H]2CC[C@]2(C)[C@@H](C(C)=O)CC[C@@H]32)C1.COC[C@]1(O)CC[C@H]2[C@H](CC[C@@H]3[C@@H]2CC[C@]2(C)[C@@H](C(C)O)CC[C@@H]32)C1.CP(Br)(c1ccccc1)(c1ccccc1)c1ccccc1.C[O-].C[S+](C)(C)=O.[I-].[Na+]. The summed E-state index contributed by atoms with van der Waals surface area (Å²) >= 11 is 4.24. The first-order valence-corrected chi connectivity index (χ1v) is 67.7. The summed E-state index contributed by atoms with van der Waals surface area (Å²) in [5.74, 6) is 23.9. The van der Waals surface area contributed by atoms with Crippen LogP contribution in [0.5, 0.6) is 0 Å². The van der Waals surface area contributed by atoms with Crippen LogP contribution in [0.2, 0.25) is 0 Å². The molecule has 13 nitrogen and oxygen atoms in total. The van der Waals surface area contributed by atoms with Crippen molar-refractivity contribution in [1.29, 1.82) is 0 Å². The van der Waals surface area contributed by atoms with Gasteiger partial charge in [-0.15, -0.1) is 4.21 Å². The molecule has 1 heterocycles. The van der Waals surface area contributed by atoms with E-state index in [4.69, 9.17) is 29.2 Å². The van der Waals surface area contributed by atoms with Crippen LogP contribution in [0.15, 0.2) is 126 Å². The van der Waals surface area contributed by atoms with Gasteiger partial charge in [-0.1, -0.05) is 69.6 Å². The Morgan fingerprint density at radius 1 is 0.423 bits per heavy atom. The van der Waals surface area contributed by atoms with Gasteiger partial charge in [0.1, 0.15) is 30.3 Å². The van der Waals surface area contributed by atoms with Crippen molar-refractivity contribution in [3.8, 4) is 0 Å². The summed E-state index contributed by atoms with van der Waals surface area (Å²) in [6.07, 6.45) is 69.9. The average molecular weight is 2280 g/mol. The van der Waals surface area contributed by atoms with Crippen molar-refractivity contribution in [3.63, 3.8) is 0 Å². The van der Waals surface area contributed by atoms with Gasteiger partial charge in [0.25, 0.3) is 0 Å². The molecule has 5 N–H and O–H groups in total. The van der Waals surface area contributed by atoms with E-state index in [1.807, 2.05) is 13.8 Å². The molecule has 24 rings (SSSR count). The zero-order valence-corrected chi connectivity index (χ0v) is 104. The van der Waals surface area contributed by atoms with Gasteiger partial charge in [0.15, 0.2) is 0 Å². The predicted octanol–water partition coefficient (Wildman–Crippen LogP) is 21.1. The summed E-state index contributed by atoms with van der Waals surface area (Å²) in [7, 11) is 5.47. The topological polar surface area (TPSA) is 216 Å². The van der Waals surface area contributed by atoms with Crippen molar-refractivity contribution < 1.29 is 117 Å².